The monoisotopic (exact) mass is 211 g/mol. The van der Waals surface area contributed by atoms with Gasteiger partial charge in [-0.05, 0) is 4.92 Å². The number of aromatic nitrogens is 2. The van der Waals surface area contributed by atoms with Crippen LogP contribution >= 0.6 is 0 Å². The van der Waals surface area contributed by atoms with Gasteiger partial charge in [0.25, 0.3) is 0 Å². The molecule has 0 unspecified atom stereocenters. The van der Waals surface area contributed by atoms with Gasteiger partial charge in [0.2, 0.25) is 0 Å². The van der Waals surface area contributed by atoms with Gasteiger partial charge < -0.3 is 14.9 Å². The molecule has 1 heterocycles. The first kappa shape index (κ1) is 11.4. The van der Waals surface area contributed by atoms with Crippen LogP contribution in [0.25, 0.3) is 0 Å². The van der Waals surface area contributed by atoms with Gasteiger partial charge in [-0.1, -0.05) is 6.08 Å². The molecule has 1 rings (SSSR count). The second-order valence-electron chi connectivity index (χ2n) is 2.94. The van der Waals surface area contributed by atoms with E-state index in [9.17, 15) is 10.1 Å². The minimum absolute atomic E-state index is 0.00490. The number of nitrogens with zero attached hydrogens (tertiary/aromatic N) is 3. The molecule has 0 spiro atoms. The minimum Gasteiger partial charge on any atom is -0.373 e. The maximum Gasteiger partial charge on any atom is 0.342 e. The van der Waals surface area contributed by atoms with Gasteiger partial charge in [-0.15, -0.1) is 6.58 Å². The quantitative estimate of drug-likeness (QED) is 0.308. The number of hydrogen-bond donors (Lipinski definition) is 0. The van der Waals surface area contributed by atoms with Gasteiger partial charge in [0.15, 0.2) is 5.82 Å². The Hall–Kier alpha value is -1.69. The van der Waals surface area contributed by atoms with Gasteiger partial charge in [0.05, 0.1) is 13.2 Å². The van der Waals surface area contributed by atoms with Crippen LogP contribution in [0, 0.1) is 17.0 Å². The van der Waals surface area contributed by atoms with Crippen molar-refractivity contribution in [2.75, 3.05) is 13.2 Å². The summed E-state index contributed by atoms with van der Waals surface area (Å²) in [7, 11) is 0. The van der Waals surface area contributed by atoms with Gasteiger partial charge in [0, 0.05) is 6.92 Å². The van der Waals surface area contributed by atoms with E-state index >= 15 is 0 Å². The third-order valence-electron chi connectivity index (χ3n) is 1.92. The van der Waals surface area contributed by atoms with Crippen LogP contribution in [0.4, 0.5) is 5.82 Å². The fraction of sp³-hybridized carbons (Fsp3) is 0.444. The van der Waals surface area contributed by atoms with Gasteiger partial charge in [-0.3, -0.25) is 0 Å². The zero-order valence-electron chi connectivity index (χ0n) is 8.55. The van der Waals surface area contributed by atoms with E-state index in [2.05, 4.69) is 11.6 Å². The Bertz CT molecular complexity index is 359. The first-order valence-electron chi connectivity index (χ1n) is 4.52. The highest BCUT2D eigenvalue weighted by atomic mass is 16.6. The van der Waals surface area contributed by atoms with E-state index in [-0.39, 0.29) is 5.82 Å². The van der Waals surface area contributed by atoms with Crippen LogP contribution in [0.1, 0.15) is 5.82 Å². The van der Waals surface area contributed by atoms with Crippen LogP contribution in [0.5, 0.6) is 0 Å². The SMILES string of the molecule is C=CCOCCn1c([N+](=O)[O-])cnc1C. The molecule has 0 fully saturated rings. The van der Waals surface area contributed by atoms with Crippen LogP contribution in [0.3, 0.4) is 0 Å². The molecule has 0 aromatic carbocycles. The maximum atomic E-state index is 10.6. The van der Waals surface area contributed by atoms with Crippen molar-refractivity contribution < 1.29 is 9.66 Å². The molecule has 0 aliphatic carbocycles. The number of ether oxygens (including phenoxy) is 1. The number of hydrogen-bond acceptors (Lipinski definition) is 4. The highest BCUT2D eigenvalue weighted by Crippen LogP contribution is 2.12. The molecule has 0 N–H and O–H groups in total. The summed E-state index contributed by atoms with van der Waals surface area (Å²) in [6.45, 7) is 6.51. The first-order chi connectivity index (χ1) is 7.16. The molecule has 0 bridgehead atoms. The molecule has 1 aromatic rings. The molecular formula is C9H13N3O3. The van der Waals surface area contributed by atoms with Crippen LogP contribution in [0.2, 0.25) is 0 Å². The Labute approximate surface area is 87.3 Å². The summed E-state index contributed by atoms with van der Waals surface area (Å²) >= 11 is 0. The summed E-state index contributed by atoms with van der Waals surface area (Å²) in [6, 6.07) is 0. The largest absolute Gasteiger partial charge is 0.373 e. The topological polar surface area (TPSA) is 70.2 Å². The van der Waals surface area contributed by atoms with Crippen molar-refractivity contribution >= 4 is 5.82 Å². The van der Waals surface area contributed by atoms with Crippen LogP contribution in [0.15, 0.2) is 18.9 Å². The van der Waals surface area contributed by atoms with E-state index in [1.54, 1.807) is 13.0 Å². The smallest absolute Gasteiger partial charge is 0.342 e. The highest BCUT2D eigenvalue weighted by molar-refractivity contribution is 5.18. The third-order valence-corrected chi connectivity index (χ3v) is 1.92. The van der Waals surface area contributed by atoms with Gasteiger partial charge >= 0.3 is 5.82 Å². The van der Waals surface area contributed by atoms with E-state index in [0.717, 1.165) is 0 Å². The molecule has 82 valence electrons. The Morgan fingerprint density at radius 3 is 3.13 bits per heavy atom. The van der Waals surface area contributed by atoms with Crippen molar-refractivity contribution in [2.24, 2.45) is 0 Å². The standard InChI is InChI=1S/C9H13N3O3/c1-3-5-15-6-4-11-8(2)10-7-9(11)12(13)14/h3,7H,1,4-6H2,2H3. The summed E-state index contributed by atoms with van der Waals surface area (Å²) < 4.78 is 6.67. The first-order valence-corrected chi connectivity index (χ1v) is 4.52. The molecule has 1 aromatic heterocycles. The highest BCUT2D eigenvalue weighted by Gasteiger charge is 2.16. The zero-order chi connectivity index (χ0) is 11.3. The van der Waals surface area contributed by atoms with Gasteiger partial charge in [0.1, 0.15) is 12.7 Å². The molecule has 0 atom stereocenters. The fourth-order valence-electron chi connectivity index (χ4n) is 1.20. The van der Waals surface area contributed by atoms with Crippen molar-refractivity contribution in [1.82, 2.24) is 9.55 Å². The van der Waals surface area contributed by atoms with Crippen molar-refractivity contribution in [2.45, 2.75) is 13.5 Å². The molecule has 0 amide bonds. The van der Waals surface area contributed by atoms with Gasteiger partial charge in [-0.2, -0.15) is 0 Å². The molecule has 0 saturated carbocycles. The Morgan fingerprint density at radius 2 is 2.53 bits per heavy atom. The van der Waals surface area contributed by atoms with Crippen LogP contribution in [-0.4, -0.2) is 27.7 Å². The predicted molar refractivity (Wildman–Crippen MR) is 54.6 cm³/mol. The number of rotatable bonds is 6. The average molecular weight is 211 g/mol. The zero-order valence-corrected chi connectivity index (χ0v) is 8.55. The molecule has 15 heavy (non-hydrogen) atoms. The fourth-order valence-corrected chi connectivity index (χ4v) is 1.20. The van der Waals surface area contributed by atoms with Crippen molar-refractivity contribution in [3.63, 3.8) is 0 Å². The summed E-state index contributed by atoms with van der Waals surface area (Å²) in [6.07, 6.45) is 2.89. The van der Waals surface area contributed by atoms with E-state index < -0.39 is 4.92 Å². The number of nitro groups is 1. The number of aryl methyl sites for hydroxylation is 1. The molecule has 6 heteroatoms. The maximum absolute atomic E-state index is 10.6. The predicted octanol–water partition coefficient (Wildman–Crippen LogP) is 1.30. The average Bonchev–Trinajstić information content (AvgIpc) is 2.55. The second kappa shape index (κ2) is 5.26. The van der Waals surface area contributed by atoms with Crippen molar-refractivity contribution in [3.05, 3.63) is 34.8 Å². The summed E-state index contributed by atoms with van der Waals surface area (Å²) in [5.74, 6) is 0.610. The Balaban J connectivity index is 2.62. The van der Waals surface area contributed by atoms with E-state index in [1.165, 1.54) is 10.8 Å². The van der Waals surface area contributed by atoms with Gasteiger partial charge in [-0.25, -0.2) is 9.55 Å². The third kappa shape index (κ3) is 2.88. The summed E-state index contributed by atoms with van der Waals surface area (Å²) in [5.41, 5.74) is 0. The normalized spacial score (nSPS) is 10.2. The lowest BCUT2D eigenvalue weighted by atomic mass is 10.5. The van der Waals surface area contributed by atoms with E-state index in [1.807, 2.05) is 0 Å². The lowest BCUT2D eigenvalue weighted by molar-refractivity contribution is -0.392. The van der Waals surface area contributed by atoms with E-state index in [4.69, 9.17) is 4.74 Å². The van der Waals surface area contributed by atoms with Crippen LogP contribution in [-0.2, 0) is 11.3 Å². The molecule has 0 radical (unpaired) electrons. The van der Waals surface area contributed by atoms with Crippen molar-refractivity contribution in [3.8, 4) is 0 Å². The molecule has 6 nitrogen and oxygen atoms in total. The van der Waals surface area contributed by atoms with Crippen molar-refractivity contribution in [1.29, 1.82) is 0 Å². The molecular weight excluding hydrogens is 198 g/mol. The van der Waals surface area contributed by atoms with Crippen LogP contribution < -0.4 is 0 Å². The lowest BCUT2D eigenvalue weighted by Gasteiger charge is -2.02. The number of imidazole rings is 1. The molecule has 0 aliphatic rings. The molecule has 0 aliphatic heterocycles. The molecule has 0 saturated heterocycles. The Morgan fingerprint density at radius 1 is 1.80 bits per heavy atom. The van der Waals surface area contributed by atoms with E-state index in [0.29, 0.717) is 25.6 Å². The Kier molecular flexibility index (Phi) is 3.99. The second-order valence-corrected chi connectivity index (χ2v) is 2.94. The summed E-state index contributed by atoms with van der Waals surface area (Å²) in [4.78, 5) is 14.0. The summed E-state index contributed by atoms with van der Waals surface area (Å²) in [5, 5.41) is 10.6. The lowest BCUT2D eigenvalue weighted by Crippen LogP contribution is -2.10. The minimum atomic E-state index is -0.451.